The molecule has 2 aromatic rings. The summed E-state index contributed by atoms with van der Waals surface area (Å²) in [4.78, 5) is 3.56. The molecule has 7 heteroatoms. The van der Waals surface area contributed by atoms with Gasteiger partial charge in [0.25, 0.3) is 0 Å². The number of anilines is 1. The summed E-state index contributed by atoms with van der Waals surface area (Å²) in [5.74, 6) is -2.24. The van der Waals surface area contributed by atoms with Gasteiger partial charge in [0.05, 0.1) is 0 Å². The summed E-state index contributed by atoms with van der Waals surface area (Å²) in [5.41, 5.74) is 0. The third kappa shape index (κ3) is 4.64. The van der Waals surface area contributed by atoms with Gasteiger partial charge in [-0.25, -0.2) is 13.8 Å². The van der Waals surface area contributed by atoms with E-state index in [2.05, 4.69) is 10.3 Å². The van der Waals surface area contributed by atoms with Crippen molar-refractivity contribution < 1.29 is 23.0 Å². The fourth-order valence-electron chi connectivity index (χ4n) is 1.55. The van der Waals surface area contributed by atoms with Crippen LogP contribution in [0.25, 0.3) is 0 Å². The summed E-state index contributed by atoms with van der Waals surface area (Å²) in [6.07, 6.45) is -0.928. The second kappa shape index (κ2) is 6.94. The molecule has 112 valence electrons. The van der Waals surface area contributed by atoms with E-state index in [1.807, 2.05) is 0 Å². The van der Waals surface area contributed by atoms with Gasteiger partial charge in [-0.2, -0.15) is 4.39 Å². The van der Waals surface area contributed by atoms with E-state index in [1.165, 1.54) is 18.2 Å². The minimum Gasteiger partial charge on any atom is -0.491 e. The van der Waals surface area contributed by atoms with E-state index in [1.54, 1.807) is 6.07 Å². The number of halogens is 3. The summed E-state index contributed by atoms with van der Waals surface area (Å²) in [6, 6.07) is 7.32. The normalized spacial score (nSPS) is 12.0. The molecule has 0 saturated carbocycles. The van der Waals surface area contributed by atoms with Crippen LogP contribution < -0.4 is 10.1 Å². The first-order valence-electron chi connectivity index (χ1n) is 6.17. The third-order valence-electron chi connectivity index (χ3n) is 2.57. The van der Waals surface area contributed by atoms with Crippen LogP contribution in [0.4, 0.5) is 19.0 Å². The van der Waals surface area contributed by atoms with Gasteiger partial charge < -0.3 is 15.2 Å². The van der Waals surface area contributed by atoms with Crippen LogP contribution in [0.1, 0.15) is 0 Å². The predicted octanol–water partition coefficient (Wildman–Crippen LogP) is 2.35. The number of aromatic nitrogens is 1. The molecule has 0 bridgehead atoms. The summed E-state index contributed by atoms with van der Waals surface area (Å²) in [7, 11) is 0. The van der Waals surface area contributed by atoms with Gasteiger partial charge >= 0.3 is 0 Å². The van der Waals surface area contributed by atoms with Gasteiger partial charge in [-0.05, 0) is 24.3 Å². The first-order chi connectivity index (χ1) is 10.0. The Morgan fingerprint density at radius 2 is 1.95 bits per heavy atom. The van der Waals surface area contributed by atoms with Gasteiger partial charge in [-0.3, -0.25) is 0 Å². The molecular weight excluding hydrogens is 285 g/mol. The molecule has 0 aliphatic heterocycles. The van der Waals surface area contributed by atoms with Crippen molar-refractivity contribution in [3.05, 3.63) is 54.0 Å². The van der Waals surface area contributed by atoms with Crippen LogP contribution >= 0.6 is 0 Å². The number of nitrogens with zero attached hydrogens (tertiary/aromatic N) is 1. The van der Waals surface area contributed by atoms with Crippen molar-refractivity contribution in [3.63, 3.8) is 0 Å². The summed E-state index contributed by atoms with van der Waals surface area (Å²) >= 11 is 0. The van der Waals surface area contributed by atoms with Crippen molar-refractivity contribution >= 4 is 5.82 Å². The highest BCUT2D eigenvalue weighted by atomic mass is 19.2. The predicted molar refractivity (Wildman–Crippen MR) is 70.5 cm³/mol. The van der Waals surface area contributed by atoms with E-state index in [4.69, 9.17) is 4.74 Å². The Labute approximate surface area is 119 Å². The number of benzene rings is 1. The zero-order chi connectivity index (χ0) is 15.2. The molecule has 4 nitrogen and oxygen atoms in total. The lowest BCUT2D eigenvalue weighted by atomic mass is 10.3. The van der Waals surface area contributed by atoms with Crippen LogP contribution in [0.5, 0.6) is 5.75 Å². The molecule has 2 N–H and O–H groups in total. The molecule has 1 aromatic carbocycles. The minimum absolute atomic E-state index is 0.0696. The number of rotatable bonds is 6. The van der Waals surface area contributed by atoms with Crippen molar-refractivity contribution in [1.29, 1.82) is 0 Å². The van der Waals surface area contributed by atoms with Gasteiger partial charge in [0.1, 0.15) is 24.3 Å². The van der Waals surface area contributed by atoms with Crippen molar-refractivity contribution in [2.45, 2.75) is 6.10 Å². The van der Waals surface area contributed by atoms with Crippen LogP contribution in [-0.2, 0) is 0 Å². The molecule has 0 amide bonds. The van der Waals surface area contributed by atoms with E-state index in [-0.39, 0.29) is 24.7 Å². The lowest BCUT2D eigenvalue weighted by Gasteiger charge is -2.13. The van der Waals surface area contributed by atoms with E-state index in [9.17, 15) is 18.3 Å². The molecule has 0 aliphatic rings. The lowest BCUT2D eigenvalue weighted by Crippen LogP contribution is -2.26. The molecule has 0 aliphatic carbocycles. The number of aliphatic hydroxyl groups excluding tert-OH is 1. The Balaban J connectivity index is 1.79. The maximum atomic E-state index is 12.9. The lowest BCUT2D eigenvalue weighted by molar-refractivity contribution is 0.117. The zero-order valence-corrected chi connectivity index (χ0v) is 10.9. The molecule has 21 heavy (non-hydrogen) atoms. The van der Waals surface area contributed by atoms with Crippen molar-refractivity contribution in [1.82, 2.24) is 4.98 Å². The SMILES string of the molecule is OC(CNc1cccc(F)n1)COc1ccc(F)c(F)c1. The van der Waals surface area contributed by atoms with E-state index in [0.717, 1.165) is 12.1 Å². The Hall–Kier alpha value is -2.28. The summed E-state index contributed by atoms with van der Waals surface area (Å²) in [6.45, 7) is -0.0620. The van der Waals surface area contributed by atoms with Crippen molar-refractivity contribution in [2.75, 3.05) is 18.5 Å². The number of aliphatic hydroxyl groups is 1. The first-order valence-corrected chi connectivity index (χ1v) is 6.17. The quantitative estimate of drug-likeness (QED) is 0.804. The largest absolute Gasteiger partial charge is 0.491 e. The summed E-state index contributed by atoms with van der Waals surface area (Å²) in [5, 5.41) is 12.4. The monoisotopic (exact) mass is 298 g/mol. The molecule has 1 unspecified atom stereocenters. The zero-order valence-electron chi connectivity index (χ0n) is 10.9. The number of ether oxygens (including phenoxy) is 1. The number of hydrogen-bond donors (Lipinski definition) is 2. The number of pyridine rings is 1. The number of nitrogens with one attached hydrogen (secondary N) is 1. The van der Waals surface area contributed by atoms with Crippen molar-refractivity contribution in [3.8, 4) is 5.75 Å². The molecule has 0 fully saturated rings. The molecule has 0 radical (unpaired) electrons. The standard InChI is InChI=1S/C14H13F3N2O2/c15-11-5-4-10(6-12(11)16)21-8-9(20)7-18-14-3-1-2-13(17)19-14/h1-6,9,20H,7-8H2,(H,18,19). The molecule has 2 rings (SSSR count). The van der Waals surface area contributed by atoms with Gasteiger partial charge in [0.15, 0.2) is 11.6 Å². The average Bonchev–Trinajstić information content (AvgIpc) is 2.46. The summed E-state index contributed by atoms with van der Waals surface area (Å²) < 4.78 is 43.6. The molecule has 1 aromatic heterocycles. The van der Waals surface area contributed by atoms with Gasteiger partial charge in [-0.15, -0.1) is 0 Å². The Bertz CT molecular complexity index is 611. The topological polar surface area (TPSA) is 54.4 Å². The van der Waals surface area contributed by atoms with Crippen LogP contribution in [-0.4, -0.2) is 29.3 Å². The van der Waals surface area contributed by atoms with Gasteiger partial charge in [-0.1, -0.05) is 6.07 Å². The second-order valence-electron chi connectivity index (χ2n) is 4.27. The Morgan fingerprint density at radius 3 is 2.67 bits per heavy atom. The highest BCUT2D eigenvalue weighted by Gasteiger charge is 2.08. The second-order valence-corrected chi connectivity index (χ2v) is 4.27. The molecule has 1 atom stereocenters. The highest BCUT2D eigenvalue weighted by molar-refractivity contribution is 5.33. The molecule has 0 saturated heterocycles. The van der Waals surface area contributed by atoms with E-state index >= 15 is 0 Å². The van der Waals surface area contributed by atoms with E-state index < -0.39 is 23.7 Å². The van der Waals surface area contributed by atoms with Crippen LogP contribution in [0.2, 0.25) is 0 Å². The number of hydrogen-bond acceptors (Lipinski definition) is 4. The molecule has 0 spiro atoms. The van der Waals surface area contributed by atoms with Crippen LogP contribution in [0.3, 0.4) is 0 Å². The molecule has 1 heterocycles. The Morgan fingerprint density at radius 1 is 1.14 bits per heavy atom. The molecular formula is C14H13F3N2O2. The minimum atomic E-state index is -1.02. The Kier molecular flexibility index (Phi) is 4.99. The maximum Gasteiger partial charge on any atom is 0.214 e. The average molecular weight is 298 g/mol. The van der Waals surface area contributed by atoms with Crippen molar-refractivity contribution in [2.24, 2.45) is 0 Å². The maximum absolute atomic E-state index is 12.9. The van der Waals surface area contributed by atoms with Crippen LogP contribution in [0, 0.1) is 17.6 Å². The fourth-order valence-corrected chi connectivity index (χ4v) is 1.55. The van der Waals surface area contributed by atoms with Gasteiger partial charge in [0, 0.05) is 12.6 Å². The first kappa shape index (κ1) is 15.1. The van der Waals surface area contributed by atoms with Gasteiger partial charge in [0.2, 0.25) is 5.95 Å². The fraction of sp³-hybridized carbons (Fsp3) is 0.214. The highest BCUT2D eigenvalue weighted by Crippen LogP contribution is 2.15. The third-order valence-corrected chi connectivity index (χ3v) is 2.57. The smallest absolute Gasteiger partial charge is 0.214 e. The van der Waals surface area contributed by atoms with E-state index in [0.29, 0.717) is 0 Å². The van der Waals surface area contributed by atoms with Crippen LogP contribution in [0.15, 0.2) is 36.4 Å².